The first-order valence-corrected chi connectivity index (χ1v) is 8.76. The van der Waals surface area contributed by atoms with Crippen LogP contribution in [0.4, 0.5) is 0 Å². The molecule has 0 N–H and O–H groups in total. The van der Waals surface area contributed by atoms with Crippen LogP contribution >= 0.6 is 0 Å². The maximum Gasteiger partial charge on any atom is 0.274 e. The van der Waals surface area contributed by atoms with Crippen molar-refractivity contribution in [3.05, 3.63) is 72.6 Å². The summed E-state index contributed by atoms with van der Waals surface area (Å²) in [5, 5.41) is 0. The molecule has 4 heterocycles. The molecule has 0 spiro atoms. The Morgan fingerprint density at radius 1 is 1.08 bits per heavy atom. The van der Waals surface area contributed by atoms with E-state index in [4.69, 9.17) is 0 Å². The Morgan fingerprint density at radius 2 is 1.96 bits per heavy atom. The van der Waals surface area contributed by atoms with Crippen molar-refractivity contribution in [3.8, 4) is 0 Å². The fraction of sp³-hybridized carbons (Fsp3) is 0.316. The summed E-state index contributed by atoms with van der Waals surface area (Å²) in [4.78, 5) is 31.3. The fourth-order valence-electron chi connectivity index (χ4n) is 3.44. The topological polar surface area (TPSA) is 76.8 Å². The van der Waals surface area contributed by atoms with Crippen LogP contribution in [-0.4, -0.2) is 48.4 Å². The highest BCUT2D eigenvalue weighted by molar-refractivity contribution is 5.92. The number of hydrogen-bond acceptors (Lipinski definition) is 5. The molecule has 1 amide bonds. The van der Waals surface area contributed by atoms with Crippen LogP contribution in [0.3, 0.4) is 0 Å². The van der Waals surface area contributed by atoms with Gasteiger partial charge in [0.15, 0.2) is 0 Å². The molecule has 0 aromatic carbocycles. The van der Waals surface area contributed by atoms with E-state index in [-0.39, 0.29) is 11.8 Å². The Bertz CT molecular complexity index is 864. The second-order valence-corrected chi connectivity index (χ2v) is 6.45. The van der Waals surface area contributed by atoms with Crippen LogP contribution in [0.1, 0.15) is 40.6 Å². The zero-order valence-electron chi connectivity index (χ0n) is 14.4. The zero-order chi connectivity index (χ0) is 17.8. The van der Waals surface area contributed by atoms with Gasteiger partial charge in [0, 0.05) is 62.7 Å². The van der Waals surface area contributed by atoms with Gasteiger partial charge < -0.3 is 9.47 Å². The van der Waals surface area contributed by atoms with E-state index in [9.17, 15) is 4.79 Å². The van der Waals surface area contributed by atoms with Gasteiger partial charge in [0.25, 0.3) is 5.91 Å². The molecule has 26 heavy (non-hydrogen) atoms. The first kappa shape index (κ1) is 16.4. The Hall–Kier alpha value is -3.09. The summed E-state index contributed by atoms with van der Waals surface area (Å²) in [6.07, 6.45) is 14.1. The van der Waals surface area contributed by atoms with E-state index < -0.39 is 0 Å². The summed E-state index contributed by atoms with van der Waals surface area (Å²) in [7, 11) is 0. The summed E-state index contributed by atoms with van der Waals surface area (Å²) in [5.41, 5.74) is 1.58. The molecule has 132 valence electrons. The Balaban J connectivity index is 1.50. The number of rotatable bonds is 4. The third-order valence-corrected chi connectivity index (χ3v) is 4.71. The van der Waals surface area contributed by atoms with E-state index in [0.717, 1.165) is 31.8 Å². The monoisotopic (exact) mass is 348 g/mol. The molecular formula is C19H20N6O. The van der Waals surface area contributed by atoms with Gasteiger partial charge in [0.05, 0.1) is 6.20 Å². The molecule has 7 heteroatoms. The van der Waals surface area contributed by atoms with Gasteiger partial charge in [-0.05, 0) is 30.5 Å². The Kier molecular flexibility index (Phi) is 4.68. The number of carbonyl (C=O) groups excluding carboxylic acids is 1. The van der Waals surface area contributed by atoms with E-state index in [1.165, 1.54) is 11.8 Å². The minimum atomic E-state index is -0.0601. The molecule has 0 unspecified atom stereocenters. The predicted molar refractivity (Wildman–Crippen MR) is 95.5 cm³/mol. The molecule has 1 saturated heterocycles. The van der Waals surface area contributed by atoms with Crippen LogP contribution in [0.2, 0.25) is 0 Å². The highest BCUT2D eigenvalue weighted by Crippen LogP contribution is 2.27. The average molecular weight is 348 g/mol. The predicted octanol–water partition coefficient (Wildman–Crippen LogP) is 2.14. The first-order valence-electron chi connectivity index (χ1n) is 8.76. The number of imidazole rings is 1. The second kappa shape index (κ2) is 7.43. The van der Waals surface area contributed by atoms with Crippen molar-refractivity contribution in [1.29, 1.82) is 0 Å². The van der Waals surface area contributed by atoms with E-state index in [1.807, 2.05) is 29.4 Å². The summed E-state index contributed by atoms with van der Waals surface area (Å²) in [5.74, 6) is 1.19. The maximum absolute atomic E-state index is 12.7. The van der Waals surface area contributed by atoms with Crippen molar-refractivity contribution >= 4 is 5.91 Å². The van der Waals surface area contributed by atoms with E-state index in [0.29, 0.717) is 12.2 Å². The minimum Gasteiger partial charge on any atom is -0.337 e. The summed E-state index contributed by atoms with van der Waals surface area (Å²) in [6, 6.07) is 4.02. The van der Waals surface area contributed by atoms with Crippen molar-refractivity contribution in [2.45, 2.75) is 25.3 Å². The van der Waals surface area contributed by atoms with Crippen LogP contribution in [-0.2, 0) is 6.54 Å². The van der Waals surface area contributed by atoms with Crippen molar-refractivity contribution < 1.29 is 4.79 Å². The minimum absolute atomic E-state index is 0.0601. The summed E-state index contributed by atoms with van der Waals surface area (Å²) < 4.78 is 2.16. The number of pyridine rings is 1. The molecular weight excluding hydrogens is 328 g/mol. The Labute approximate surface area is 151 Å². The van der Waals surface area contributed by atoms with Crippen molar-refractivity contribution in [3.63, 3.8) is 0 Å². The molecule has 0 bridgehead atoms. The molecule has 1 atom stereocenters. The fourth-order valence-corrected chi connectivity index (χ4v) is 3.44. The smallest absolute Gasteiger partial charge is 0.274 e. The second-order valence-electron chi connectivity index (χ2n) is 6.45. The number of carbonyl (C=O) groups is 1. The molecule has 0 aliphatic carbocycles. The number of hydrogen-bond donors (Lipinski definition) is 0. The van der Waals surface area contributed by atoms with Crippen LogP contribution in [0.5, 0.6) is 0 Å². The van der Waals surface area contributed by atoms with Gasteiger partial charge in [-0.2, -0.15) is 0 Å². The van der Waals surface area contributed by atoms with Gasteiger partial charge in [0.1, 0.15) is 11.5 Å². The lowest BCUT2D eigenvalue weighted by molar-refractivity contribution is 0.0697. The van der Waals surface area contributed by atoms with Crippen LogP contribution in [0, 0.1) is 0 Å². The molecule has 1 aliphatic heterocycles. The normalized spacial score (nSPS) is 17.2. The third-order valence-electron chi connectivity index (χ3n) is 4.71. The summed E-state index contributed by atoms with van der Waals surface area (Å²) in [6.45, 7) is 2.16. The molecule has 0 radical (unpaired) electrons. The third kappa shape index (κ3) is 3.46. The largest absolute Gasteiger partial charge is 0.337 e. The maximum atomic E-state index is 12.7. The molecule has 3 aromatic rings. The number of likely N-dealkylation sites (tertiary alicyclic amines) is 1. The lowest BCUT2D eigenvalue weighted by Gasteiger charge is -2.32. The van der Waals surface area contributed by atoms with Crippen LogP contribution < -0.4 is 0 Å². The van der Waals surface area contributed by atoms with Gasteiger partial charge in [-0.25, -0.2) is 9.97 Å². The van der Waals surface area contributed by atoms with Crippen LogP contribution in [0.15, 0.2) is 55.5 Å². The molecule has 1 fully saturated rings. The number of aromatic nitrogens is 5. The SMILES string of the molecule is O=C(c1cnccn1)N1CCC[C@@H](c2nccn2Cc2ccncc2)C1. The van der Waals surface area contributed by atoms with Crippen LogP contribution in [0.25, 0.3) is 0 Å². The first-order chi connectivity index (χ1) is 12.8. The van der Waals surface area contributed by atoms with E-state index >= 15 is 0 Å². The lowest BCUT2D eigenvalue weighted by atomic mass is 9.96. The van der Waals surface area contributed by atoms with Crippen molar-refractivity contribution in [2.75, 3.05) is 13.1 Å². The zero-order valence-corrected chi connectivity index (χ0v) is 14.4. The number of nitrogens with zero attached hydrogens (tertiary/aromatic N) is 6. The molecule has 3 aromatic heterocycles. The van der Waals surface area contributed by atoms with Gasteiger partial charge in [-0.15, -0.1) is 0 Å². The molecule has 0 saturated carbocycles. The number of amides is 1. The standard InChI is InChI=1S/C19H20N6O/c26-19(17-12-21-7-8-22-17)25-10-1-2-16(14-25)18-23-9-11-24(18)13-15-3-5-20-6-4-15/h3-9,11-12,16H,1-2,10,13-14H2/t16-/m1/s1. The summed E-state index contributed by atoms with van der Waals surface area (Å²) >= 11 is 0. The highest BCUT2D eigenvalue weighted by Gasteiger charge is 2.28. The van der Waals surface area contributed by atoms with Crippen molar-refractivity contribution in [1.82, 2.24) is 29.4 Å². The van der Waals surface area contributed by atoms with E-state index in [2.05, 4.69) is 24.5 Å². The van der Waals surface area contributed by atoms with Gasteiger partial charge in [-0.1, -0.05) is 0 Å². The van der Waals surface area contributed by atoms with Crippen molar-refractivity contribution in [2.24, 2.45) is 0 Å². The molecule has 7 nitrogen and oxygen atoms in total. The average Bonchev–Trinajstić information content (AvgIpc) is 3.17. The quantitative estimate of drug-likeness (QED) is 0.722. The van der Waals surface area contributed by atoms with Gasteiger partial charge in [0.2, 0.25) is 0 Å². The molecule has 4 rings (SSSR count). The Morgan fingerprint density at radius 3 is 2.77 bits per heavy atom. The van der Waals surface area contributed by atoms with Gasteiger partial charge >= 0.3 is 0 Å². The van der Waals surface area contributed by atoms with Gasteiger partial charge in [-0.3, -0.25) is 14.8 Å². The van der Waals surface area contributed by atoms with E-state index in [1.54, 1.807) is 24.8 Å². The molecule has 1 aliphatic rings. The number of piperidine rings is 1. The highest BCUT2D eigenvalue weighted by atomic mass is 16.2. The lowest BCUT2D eigenvalue weighted by Crippen LogP contribution is -2.40.